The average Bonchev–Trinajstić information content (AvgIpc) is 2.18. The lowest BCUT2D eigenvalue weighted by Crippen LogP contribution is -1.95. The predicted octanol–water partition coefficient (Wildman–Crippen LogP) is 3.62. The van der Waals surface area contributed by atoms with Gasteiger partial charge in [-0.25, -0.2) is 0 Å². The first kappa shape index (κ1) is 15.5. The third kappa shape index (κ3) is 7.62. The van der Waals surface area contributed by atoms with Crippen LogP contribution in [0.5, 0.6) is 0 Å². The third-order valence-electron chi connectivity index (χ3n) is 1.50. The Morgan fingerprint density at radius 3 is 2.14 bits per heavy atom. The van der Waals surface area contributed by atoms with Gasteiger partial charge < -0.3 is 9.84 Å². The number of hydrogen-bond donors (Lipinski definition) is 1. The number of rotatable bonds is 4. The molecule has 0 aromatic heterocycles. The van der Waals surface area contributed by atoms with Crippen molar-refractivity contribution in [3.05, 3.63) is 35.6 Å². The number of aliphatic hydroxyl groups excluding tert-OH is 1. The summed E-state index contributed by atoms with van der Waals surface area (Å²) in [6.07, 6.45) is 3.42. The number of aliphatic hydroxyl groups is 1. The maximum absolute atomic E-state index is 9.03. The van der Waals surface area contributed by atoms with Crippen LogP contribution in [0.25, 0.3) is 0 Å². The highest BCUT2D eigenvalue weighted by Gasteiger charge is 1.96. The number of hydrogen-bond acceptors (Lipinski definition) is 2. The van der Waals surface area contributed by atoms with Gasteiger partial charge >= 0.3 is 0 Å². The summed E-state index contributed by atoms with van der Waals surface area (Å²) in [4.78, 5) is 0. The second-order valence-electron chi connectivity index (χ2n) is 2.63. The quantitative estimate of drug-likeness (QED) is 0.552. The van der Waals surface area contributed by atoms with Crippen LogP contribution in [-0.4, -0.2) is 18.8 Å². The molecule has 0 aliphatic heterocycles. The number of allylic oxidation sites excluding steroid dienone is 3. The first-order chi connectivity index (χ1) is 6.61. The van der Waals surface area contributed by atoms with Gasteiger partial charge in [0.2, 0.25) is 0 Å². The molecule has 82 valence electrons. The molecule has 0 atom stereocenters. The van der Waals surface area contributed by atoms with E-state index in [9.17, 15) is 0 Å². The van der Waals surface area contributed by atoms with Gasteiger partial charge in [-0.2, -0.15) is 0 Å². The van der Waals surface area contributed by atoms with Gasteiger partial charge in [0.1, 0.15) is 0 Å². The molecule has 0 spiro atoms. The minimum absolute atomic E-state index is 0.281. The molecular formula is C12H22O2. The Bertz CT molecular complexity index is 208. The van der Waals surface area contributed by atoms with Gasteiger partial charge in [0.05, 0.1) is 12.4 Å². The van der Waals surface area contributed by atoms with Crippen molar-refractivity contribution in [2.45, 2.75) is 27.7 Å². The van der Waals surface area contributed by atoms with Crippen molar-refractivity contribution in [1.29, 1.82) is 0 Å². The molecule has 0 aliphatic rings. The molecule has 14 heavy (non-hydrogen) atoms. The van der Waals surface area contributed by atoms with Crippen molar-refractivity contribution < 1.29 is 9.84 Å². The molecule has 0 aromatic rings. The summed E-state index contributed by atoms with van der Waals surface area (Å²) >= 11 is 0. The van der Waals surface area contributed by atoms with E-state index in [1.807, 2.05) is 20.8 Å². The molecule has 0 radical (unpaired) electrons. The van der Waals surface area contributed by atoms with Gasteiger partial charge in [0.25, 0.3) is 0 Å². The molecule has 0 heterocycles. The van der Waals surface area contributed by atoms with Crippen LogP contribution >= 0.6 is 0 Å². The van der Waals surface area contributed by atoms with Gasteiger partial charge in [-0.05, 0) is 31.1 Å². The minimum atomic E-state index is 0.281. The Balaban J connectivity index is 0. The molecular weight excluding hydrogens is 176 g/mol. The van der Waals surface area contributed by atoms with Crippen LogP contribution in [0.2, 0.25) is 0 Å². The highest BCUT2D eigenvalue weighted by molar-refractivity contribution is 5.31. The highest BCUT2D eigenvalue weighted by atomic mass is 16.5. The van der Waals surface area contributed by atoms with E-state index in [0.29, 0.717) is 6.61 Å². The Labute approximate surface area is 87.6 Å². The predicted molar refractivity (Wildman–Crippen MR) is 62.5 cm³/mol. The van der Waals surface area contributed by atoms with Gasteiger partial charge in [0, 0.05) is 7.11 Å². The monoisotopic (exact) mass is 198 g/mol. The first-order valence-corrected chi connectivity index (χ1v) is 4.80. The van der Waals surface area contributed by atoms with E-state index in [-0.39, 0.29) is 5.76 Å². The van der Waals surface area contributed by atoms with Crippen LogP contribution in [0.1, 0.15) is 27.7 Å². The molecule has 0 saturated heterocycles. The molecule has 0 bridgehead atoms. The van der Waals surface area contributed by atoms with E-state index in [0.717, 1.165) is 11.1 Å². The zero-order valence-electron chi connectivity index (χ0n) is 9.92. The van der Waals surface area contributed by atoms with Crippen LogP contribution in [0.4, 0.5) is 0 Å². The molecule has 0 aromatic carbocycles. The second-order valence-corrected chi connectivity index (χ2v) is 2.63. The Morgan fingerprint density at radius 1 is 1.36 bits per heavy atom. The lowest BCUT2D eigenvalue weighted by Gasteiger charge is -2.03. The average molecular weight is 198 g/mol. The summed E-state index contributed by atoms with van der Waals surface area (Å²) < 4.78 is 4.97. The van der Waals surface area contributed by atoms with Crippen molar-refractivity contribution in [2.75, 3.05) is 13.7 Å². The van der Waals surface area contributed by atoms with Crippen molar-refractivity contribution in [3.8, 4) is 0 Å². The molecule has 0 fully saturated rings. The largest absolute Gasteiger partial charge is 0.513 e. The Morgan fingerprint density at radius 2 is 1.86 bits per heavy atom. The molecule has 0 rings (SSSR count). The van der Waals surface area contributed by atoms with Crippen molar-refractivity contribution in [1.82, 2.24) is 0 Å². The van der Waals surface area contributed by atoms with Crippen LogP contribution in [-0.2, 0) is 4.74 Å². The van der Waals surface area contributed by atoms with Gasteiger partial charge in [-0.1, -0.05) is 26.5 Å². The summed E-state index contributed by atoms with van der Waals surface area (Å²) in [6.45, 7) is 11.7. The van der Waals surface area contributed by atoms with E-state index in [4.69, 9.17) is 9.84 Å². The van der Waals surface area contributed by atoms with Crippen molar-refractivity contribution in [3.63, 3.8) is 0 Å². The molecule has 1 N–H and O–H groups in total. The second kappa shape index (κ2) is 10.1. The molecule has 0 saturated carbocycles. The lowest BCUT2D eigenvalue weighted by molar-refractivity contribution is 0.227. The molecule has 2 heteroatoms. The maximum atomic E-state index is 9.03. The van der Waals surface area contributed by atoms with Crippen LogP contribution < -0.4 is 0 Å². The molecule has 0 aliphatic carbocycles. The fraction of sp³-hybridized carbons (Fsp3) is 0.500. The van der Waals surface area contributed by atoms with Crippen LogP contribution in [0, 0.1) is 0 Å². The lowest BCUT2D eigenvalue weighted by atomic mass is 10.1. The number of ether oxygens (including phenoxy) is 1. The molecule has 0 unspecified atom stereocenters. The van der Waals surface area contributed by atoms with Crippen molar-refractivity contribution in [2.24, 2.45) is 0 Å². The summed E-state index contributed by atoms with van der Waals surface area (Å²) in [5.41, 5.74) is 1.97. The van der Waals surface area contributed by atoms with E-state index in [1.165, 1.54) is 0 Å². The fourth-order valence-corrected chi connectivity index (χ4v) is 0.808. The maximum Gasteiger partial charge on any atom is 0.0895 e. The highest BCUT2D eigenvalue weighted by Crippen LogP contribution is 2.08. The topological polar surface area (TPSA) is 29.5 Å². The van der Waals surface area contributed by atoms with E-state index >= 15 is 0 Å². The molecule has 0 amide bonds. The minimum Gasteiger partial charge on any atom is -0.513 e. The van der Waals surface area contributed by atoms with Crippen LogP contribution in [0.15, 0.2) is 35.6 Å². The number of methoxy groups -OCH3 is 1. The SMILES string of the molecule is C=C/C(C)=C(/C=C(\C)O)COC.CC. The van der Waals surface area contributed by atoms with Gasteiger partial charge in [0.15, 0.2) is 0 Å². The summed E-state index contributed by atoms with van der Waals surface area (Å²) in [5, 5.41) is 9.03. The smallest absolute Gasteiger partial charge is 0.0895 e. The van der Waals surface area contributed by atoms with Crippen LogP contribution in [0.3, 0.4) is 0 Å². The van der Waals surface area contributed by atoms with Gasteiger partial charge in [-0.15, -0.1) is 0 Å². The Kier molecular flexibility index (Phi) is 11.1. The van der Waals surface area contributed by atoms with Crippen molar-refractivity contribution >= 4 is 0 Å². The van der Waals surface area contributed by atoms with E-state index in [1.54, 1.807) is 26.2 Å². The fourth-order valence-electron chi connectivity index (χ4n) is 0.808. The summed E-state index contributed by atoms with van der Waals surface area (Å²) in [5.74, 6) is 0.281. The first-order valence-electron chi connectivity index (χ1n) is 4.80. The van der Waals surface area contributed by atoms with E-state index < -0.39 is 0 Å². The standard InChI is InChI=1S/C10H16O2.C2H6/c1-5-8(2)10(7-12-4)6-9(3)11;1-2/h5-6,11H,1,7H2,2-4H3;1-2H3/b9-6+,10-8-;. The normalized spacial score (nSPS) is 12.5. The Hall–Kier alpha value is -1.02. The van der Waals surface area contributed by atoms with Gasteiger partial charge in [-0.3, -0.25) is 0 Å². The zero-order chi connectivity index (χ0) is 11.6. The molecule has 2 nitrogen and oxygen atoms in total. The zero-order valence-corrected chi connectivity index (χ0v) is 9.92. The summed E-state index contributed by atoms with van der Waals surface area (Å²) in [7, 11) is 1.62. The van der Waals surface area contributed by atoms with E-state index in [2.05, 4.69) is 6.58 Å². The summed E-state index contributed by atoms with van der Waals surface area (Å²) in [6, 6.07) is 0. The third-order valence-corrected chi connectivity index (χ3v) is 1.50.